The Bertz CT molecular complexity index is 298. The number of nitrogens with one attached hydrogen (secondary N) is 2. The van der Waals surface area contributed by atoms with Crippen LogP contribution < -0.4 is 10.6 Å². The lowest BCUT2D eigenvalue weighted by molar-refractivity contribution is 0.0200. The summed E-state index contributed by atoms with van der Waals surface area (Å²) in [7, 11) is 0. The summed E-state index contributed by atoms with van der Waals surface area (Å²) in [6, 6.07) is 1.30. The summed E-state index contributed by atoms with van der Waals surface area (Å²) >= 11 is 0. The summed E-state index contributed by atoms with van der Waals surface area (Å²) < 4.78 is 11.1. The fraction of sp³-hybridized carbons (Fsp3) is 0.929. The van der Waals surface area contributed by atoms with Crippen molar-refractivity contribution in [1.29, 1.82) is 0 Å². The molecule has 1 heterocycles. The predicted octanol–water partition coefficient (Wildman–Crippen LogP) is 1.66. The Labute approximate surface area is 138 Å². The summed E-state index contributed by atoms with van der Waals surface area (Å²) in [5.74, 6) is 0.978. The molecule has 3 fully saturated rings. The number of guanidine groups is 1. The molecule has 2 N–H and O–H groups in total. The lowest BCUT2D eigenvalue weighted by Crippen LogP contribution is -2.40. The second-order valence-electron chi connectivity index (χ2n) is 5.78. The molecule has 0 spiro atoms. The Morgan fingerprint density at radius 3 is 2.35 bits per heavy atom. The summed E-state index contributed by atoms with van der Waals surface area (Å²) in [5.41, 5.74) is 0. The zero-order valence-electron chi connectivity index (χ0n) is 12.0. The standard InChI is InChI=1S/C14H25N3O2.HI/c1-2-13(19-8-1)10-18-9-7-15-14(16-11-3-4-11)17-12-5-6-12;/h11-13H,1-10H2,(H2,15,16,17);1H. The monoisotopic (exact) mass is 395 g/mol. The number of ether oxygens (including phenoxy) is 2. The Morgan fingerprint density at radius 2 is 1.80 bits per heavy atom. The van der Waals surface area contributed by atoms with Crippen LogP contribution in [0.3, 0.4) is 0 Å². The zero-order valence-corrected chi connectivity index (χ0v) is 14.3. The average Bonchev–Trinajstić information content (AvgIpc) is 3.33. The molecule has 2 aliphatic carbocycles. The van der Waals surface area contributed by atoms with E-state index in [1.807, 2.05) is 0 Å². The van der Waals surface area contributed by atoms with Gasteiger partial charge in [-0.1, -0.05) is 0 Å². The van der Waals surface area contributed by atoms with Crippen molar-refractivity contribution in [3.05, 3.63) is 0 Å². The van der Waals surface area contributed by atoms with Gasteiger partial charge in [-0.15, -0.1) is 24.0 Å². The van der Waals surface area contributed by atoms with E-state index in [1.54, 1.807) is 0 Å². The normalized spacial score (nSPS) is 24.9. The highest BCUT2D eigenvalue weighted by Gasteiger charge is 2.26. The third-order valence-corrected chi connectivity index (χ3v) is 3.67. The highest BCUT2D eigenvalue weighted by Crippen LogP contribution is 2.21. The number of hydrogen-bond acceptors (Lipinski definition) is 3. The van der Waals surface area contributed by atoms with E-state index in [9.17, 15) is 0 Å². The molecule has 3 rings (SSSR count). The lowest BCUT2D eigenvalue weighted by Gasteiger charge is -2.12. The van der Waals surface area contributed by atoms with E-state index in [0.717, 1.165) is 32.1 Å². The van der Waals surface area contributed by atoms with Crippen molar-refractivity contribution >= 4 is 29.9 Å². The molecule has 20 heavy (non-hydrogen) atoms. The Hall–Kier alpha value is -0.0800. The molecule has 0 radical (unpaired) electrons. The first-order valence-electron chi connectivity index (χ1n) is 7.67. The second kappa shape index (κ2) is 8.38. The number of nitrogens with zero attached hydrogens (tertiary/aromatic N) is 1. The maximum Gasteiger partial charge on any atom is 0.191 e. The van der Waals surface area contributed by atoms with Crippen molar-refractivity contribution in [3.8, 4) is 0 Å². The van der Waals surface area contributed by atoms with Crippen LogP contribution in [0.15, 0.2) is 4.99 Å². The largest absolute Gasteiger partial charge is 0.377 e. The third-order valence-electron chi connectivity index (χ3n) is 3.67. The van der Waals surface area contributed by atoms with E-state index in [0.29, 0.717) is 24.8 Å². The van der Waals surface area contributed by atoms with Crippen LogP contribution >= 0.6 is 24.0 Å². The first-order valence-corrected chi connectivity index (χ1v) is 7.67. The Kier molecular flexibility index (Phi) is 6.83. The SMILES string of the molecule is C1COC(COCCN=C(NC2CC2)NC2CC2)C1.I. The first kappa shape index (κ1) is 16.3. The van der Waals surface area contributed by atoms with Crippen LogP contribution in [-0.2, 0) is 9.47 Å². The van der Waals surface area contributed by atoms with E-state index in [4.69, 9.17) is 9.47 Å². The summed E-state index contributed by atoms with van der Waals surface area (Å²) in [5, 5.41) is 6.91. The van der Waals surface area contributed by atoms with Crippen molar-refractivity contribution in [3.63, 3.8) is 0 Å². The van der Waals surface area contributed by atoms with Gasteiger partial charge in [0.1, 0.15) is 0 Å². The average molecular weight is 395 g/mol. The molecule has 1 aliphatic heterocycles. The van der Waals surface area contributed by atoms with Gasteiger partial charge < -0.3 is 20.1 Å². The summed E-state index contributed by atoms with van der Waals surface area (Å²) in [6.45, 7) is 3.02. The van der Waals surface area contributed by atoms with Crippen LogP contribution in [0, 0.1) is 0 Å². The van der Waals surface area contributed by atoms with E-state index in [2.05, 4.69) is 15.6 Å². The zero-order chi connectivity index (χ0) is 12.9. The van der Waals surface area contributed by atoms with Crippen molar-refractivity contribution in [2.45, 2.75) is 56.7 Å². The molecular formula is C14H26IN3O2. The highest BCUT2D eigenvalue weighted by molar-refractivity contribution is 14.0. The maximum atomic E-state index is 5.62. The van der Waals surface area contributed by atoms with Gasteiger partial charge in [-0.05, 0) is 38.5 Å². The quantitative estimate of drug-likeness (QED) is 0.298. The van der Waals surface area contributed by atoms with Gasteiger partial charge in [-0.25, -0.2) is 0 Å². The van der Waals surface area contributed by atoms with E-state index < -0.39 is 0 Å². The molecule has 2 saturated carbocycles. The van der Waals surface area contributed by atoms with Crippen LogP contribution in [0.5, 0.6) is 0 Å². The van der Waals surface area contributed by atoms with Gasteiger partial charge >= 0.3 is 0 Å². The van der Waals surface area contributed by atoms with E-state index in [-0.39, 0.29) is 24.0 Å². The van der Waals surface area contributed by atoms with Crippen molar-refractivity contribution < 1.29 is 9.47 Å². The fourth-order valence-electron chi connectivity index (χ4n) is 2.19. The van der Waals surface area contributed by atoms with Gasteiger partial charge in [-0.3, -0.25) is 4.99 Å². The van der Waals surface area contributed by atoms with Crippen LogP contribution in [0.25, 0.3) is 0 Å². The first-order chi connectivity index (χ1) is 9.40. The van der Waals surface area contributed by atoms with Gasteiger partial charge in [0.25, 0.3) is 0 Å². The molecule has 116 valence electrons. The van der Waals surface area contributed by atoms with E-state index in [1.165, 1.54) is 32.1 Å². The molecule has 0 bridgehead atoms. The number of rotatable bonds is 7. The lowest BCUT2D eigenvalue weighted by atomic mass is 10.2. The number of hydrogen-bond donors (Lipinski definition) is 2. The molecule has 0 aromatic rings. The van der Waals surface area contributed by atoms with Crippen molar-refractivity contribution in [2.75, 3.05) is 26.4 Å². The molecule has 0 aromatic heterocycles. The topological polar surface area (TPSA) is 54.9 Å². The predicted molar refractivity (Wildman–Crippen MR) is 89.8 cm³/mol. The molecule has 0 amide bonds. The molecule has 1 atom stereocenters. The molecule has 1 saturated heterocycles. The Morgan fingerprint density at radius 1 is 1.10 bits per heavy atom. The minimum atomic E-state index is 0. The van der Waals surface area contributed by atoms with E-state index >= 15 is 0 Å². The van der Waals surface area contributed by atoms with Gasteiger partial charge in [-0.2, -0.15) is 0 Å². The molecule has 0 aromatic carbocycles. The number of aliphatic imine (C=N–C) groups is 1. The summed E-state index contributed by atoms with van der Waals surface area (Å²) in [6.07, 6.45) is 7.75. The smallest absolute Gasteiger partial charge is 0.191 e. The third kappa shape index (κ3) is 6.13. The molecule has 6 heteroatoms. The van der Waals surface area contributed by atoms with Crippen LogP contribution in [0.1, 0.15) is 38.5 Å². The van der Waals surface area contributed by atoms with Crippen LogP contribution in [0.4, 0.5) is 0 Å². The second-order valence-corrected chi connectivity index (χ2v) is 5.78. The fourth-order valence-corrected chi connectivity index (χ4v) is 2.19. The van der Waals surface area contributed by atoms with Gasteiger partial charge in [0.15, 0.2) is 5.96 Å². The van der Waals surface area contributed by atoms with Gasteiger partial charge in [0, 0.05) is 18.7 Å². The highest BCUT2D eigenvalue weighted by atomic mass is 127. The molecule has 3 aliphatic rings. The minimum absolute atomic E-state index is 0. The van der Waals surface area contributed by atoms with Crippen LogP contribution in [-0.4, -0.2) is 50.5 Å². The van der Waals surface area contributed by atoms with Crippen molar-refractivity contribution in [2.24, 2.45) is 4.99 Å². The maximum absolute atomic E-state index is 5.62. The van der Waals surface area contributed by atoms with Crippen molar-refractivity contribution in [1.82, 2.24) is 10.6 Å². The minimum Gasteiger partial charge on any atom is -0.377 e. The molecular weight excluding hydrogens is 369 g/mol. The summed E-state index contributed by atoms with van der Waals surface area (Å²) in [4.78, 5) is 4.58. The number of halogens is 1. The Balaban J connectivity index is 0.00000147. The van der Waals surface area contributed by atoms with Crippen LogP contribution in [0.2, 0.25) is 0 Å². The molecule has 1 unspecified atom stereocenters. The van der Waals surface area contributed by atoms with Gasteiger partial charge in [0.05, 0.1) is 25.9 Å². The van der Waals surface area contributed by atoms with Gasteiger partial charge in [0.2, 0.25) is 0 Å². The molecule has 5 nitrogen and oxygen atoms in total.